The summed E-state index contributed by atoms with van der Waals surface area (Å²) in [6, 6.07) is -0.728. The van der Waals surface area contributed by atoms with Crippen LogP contribution in [0.2, 0.25) is 0 Å². The first-order valence-corrected chi connectivity index (χ1v) is 3.43. The summed E-state index contributed by atoms with van der Waals surface area (Å²) in [5.41, 5.74) is 0. The minimum absolute atomic E-state index is 0.0660. The van der Waals surface area contributed by atoms with Crippen molar-refractivity contribution in [2.24, 2.45) is 0 Å². The van der Waals surface area contributed by atoms with Gasteiger partial charge in [0, 0.05) is 13.0 Å². The Hall–Kier alpha value is -0.650. The molecule has 0 aromatic heterocycles. The summed E-state index contributed by atoms with van der Waals surface area (Å²) in [5.74, 6) is -0.990. The van der Waals surface area contributed by atoms with Crippen molar-refractivity contribution in [3.63, 3.8) is 0 Å². The number of nitrogens with one attached hydrogen (secondary N) is 1. The zero-order valence-corrected chi connectivity index (χ0v) is 5.90. The van der Waals surface area contributed by atoms with E-state index in [1.54, 1.807) is 0 Å². The highest BCUT2D eigenvalue weighted by atomic mass is 16.4. The lowest BCUT2D eigenvalue weighted by molar-refractivity contribution is -0.142. The normalized spacial score (nSPS) is 38.5. The zero-order valence-electron chi connectivity index (χ0n) is 5.90. The van der Waals surface area contributed by atoms with Crippen LogP contribution < -0.4 is 5.32 Å². The molecule has 0 spiro atoms. The Balaban J connectivity index is 2.46. The van der Waals surface area contributed by atoms with Gasteiger partial charge in [0.1, 0.15) is 6.04 Å². The van der Waals surface area contributed by atoms with Gasteiger partial charge in [-0.3, -0.25) is 4.79 Å². The lowest BCUT2D eigenvalue weighted by Crippen LogP contribution is -2.52. The summed E-state index contributed by atoms with van der Waals surface area (Å²) >= 11 is 0. The molecule has 5 nitrogen and oxygen atoms in total. The molecular formula is C6H11NO4. The fourth-order valence-corrected chi connectivity index (χ4v) is 1.07. The summed E-state index contributed by atoms with van der Waals surface area (Å²) in [5, 5.41) is 29.1. The van der Waals surface area contributed by atoms with E-state index in [1.807, 2.05) is 0 Å². The van der Waals surface area contributed by atoms with Crippen LogP contribution in [0.25, 0.3) is 0 Å². The van der Waals surface area contributed by atoms with Crippen LogP contribution in [-0.2, 0) is 4.79 Å². The first-order valence-electron chi connectivity index (χ1n) is 3.43. The van der Waals surface area contributed by atoms with Gasteiger partial charge in [-0.1, -0.05) is 0 Å². The van der Waals surface area contributed by atoms with Crippen LogP contribution in [0.1, 0.15) is 6.42 Å². The number of hydrogen-bond donors (Lipinski definition) is 4. The number of carbonyl (C=O) groups is 1. The third-order valence-corrected chi connectivity index (χ3v) is 1.79. The molecule has 64 valence electrons. The van der Waals surface area contributed by atoms with Crippen LogP contribution in [0, 0.1) is 0 Å². The van der Waals surface area contributed by atoms with Gasteiger partial charge >= 0.3 is 5.97 Å². The van der Waals surface area contributed by atoms with Gasteiger partial charge in [-0.05, 0) is 0 Å². The number of aliphatic carboxylic acids is 1. The minimum atomic E-state index is -0.990. The number of rotatable bonds is 1. The quantitative estimate of drug-likeness (QED) is 0.362. The summed E-state index contributed by atoms with van der Waals surface area (Å²) < 4.78 is 0. The second-order valence-electron chi connectivity index (χ2n) is 2.67. The summed E-state index contributed by atoms with van der Waals surface area (Å²) in [4.78, 5) is 10.4. The fourth-order valence-electron chi connectivity index (χ4n) is 1.07. The standard InChI is InChI=1S/C6H11NO4/c8-4-1-3(6(10)11)7-2-5(4)9/h3-5,7-9H,1-2H2,(H,10,11)/t3-,4-,5-/m0/s1. The molecule has 1 fully saturated rings. The first-order chi connectivity index (χ1) is 5.11. The molecule has 0 aliphatic carbocycles. The summed E-state index contributed by atoms with van der Waals surface area (Å²) in [6.45, 7) is 0.137. The average Bonchev–Trinajstić information content (AvgIpc) is 1.94. The molecule has 0 saturated carbocycles. The number of piperidine rings is 1. The maximum Gasteiger partial charge on any atom is 0.320 e. The number of carboxylic acids is 1. The Bertz CT molecular complexity index is 161. The molecule has 1 rings (SSSR count). The van der Waals surface area contributed by atoms with Crippen molar-refractivity contribution in [3.8, 4) is 0 Å². The molecule has 4 N–H and O–H groups in total. The van der Waals surface area contributed by atoms with Crippen LogP contribution in [0.5, 0.6) is 0 Å². The van der Waals surface area contributed by atoms with E-state index in [4.69, 9.17) is 15.3 Å². The summed E-state index contributed by atoms with van der Waals surface area (Å²) in [6.07, 6.45) is -1.70. The minimum Gasteiger partial charge on any atom is -0.480 e. The largest absolute Gasteiger partial charge is 0.480 e. The van der Waals surface area contributed by atoms with Gasteiger partial charge in [0.05, 0.1) is 12.2 Å². The number of carboxylic acid groups (broad SMARTS) is 1. The number of β-amino-alcohol motifs (C(OH)–C–C–N with tert-alkyl or cyclic N) is 1. The molecule has 0 unspecified atom stereocenters. The van der Waals surface area contributed by atoms with Crippen LogP contribution in [0.15, 0.2) is 0 Å². The predicted molar refractivity (Wildman–Crippen MR) is 36.1 cm³/mol. The van der Waals surface area contributed by atoms with Crippen LogP contribution >= 0.6 is 0 Å². The van der Waals surface area contributed by atoms with E-state index in [-0.39, 0.29) is 13.0 Å². The lowest BCUT2D eigenvalue weighted by atomic mass is 10.00. The molecule has 0 bridgehead atoms. The van der Waals surface area contributed by atoms with Gasteiger partial charge in [0.15, 0.2) is 0 Å². The molecule has 0 aromatic carbocycles. The van der Waals surface area contributed by atoms with Gasteiger partial charge < -0.3 is 20.6 Å². The molecule has 1 heterocycles. The second-order valence-corrected chi connectivity index (χ2v) is 2.67. The second kappa shape index (κ2) is 3.17. The zero-order chi connectivity index (χ0) is 8.43. The first kappa shape index (κ1) is 8.45. The van der Waals surface area contributed by atoms with Crippen molar-refractivity contribution < 1.29 is 20.1 Å². The predicted octanol–water partition coefficient (Wildman–Crippen LogP) is -1.85. The molecule has 1 aliphatic rings. The van der Waals surface area contributed by atoms with E-state index in [0.29, 0.717) is 0 Å². The van der Waals surface area contributed by atoms with E-state index in [2.05, 4.69) is 5.32 Å². The number of aliphatic hydroxyl groups is 2. The molecule has 3 atom stereocenters. The Morgan fingerprint density at radius 1 is 1.36 bits per heavy atom. The van der Waals surface area contributed by atoms with Crippen molar-refractivity contribution in [1.29, 1.82) is 0 Å². The van der Waals surface area contributed by atoms with E-state index < -0.39 is 24.2 Å². The van der Waals surface area contributed by atoms with Gasteiger partial charge in [-0.15, -0.1) is 0 Å². The Kier molecular flexibility index (Phi) is 2.43. The Labute approximate surface area is 63.7 Å². The summed E-state index contributed by atoms with van der Waals surface area (Å²) in [7, 11) is 0. The van der Waals surface area contributed by atoms with E-state index >= 15 is 0 Å². The average molecular weight is 161 g/mol. The van der Waals surface area contributed by atoms with E-state index in [9.17, 15) is 4.79 Å². The highest BCUT2D eigenvalue weighted by Crippen LogP contribution is 2.08. The number of hydrogen-bond acceptors (Lipinski definition) is 4. The SMILES string of the molecule is O=C(O)[C@@H]1C[C@H](O)[C@@H](O)CN1. The molecule has 0 amide bonds. The molecule has 5 heteroatoms. The van der Waals surface area contributed by atoms with Gasteiger partial charge in [0.25, 0.3) is 0 Å². The molecule has 1 aliphatic heterocycles. The Morgan fingerprint density at radius 3 is 2.45 bits per heavy atom. The maximum absolute atomic E-state index is 10.4. The third kappa shape index (κ3) is 1.89. The Morgan fingerprint density at radius 2 is 2.00 bits per heavy atom. The molecular weight excluding hydrogens is 150 g/mol. The van der Waals surface area contributed by atoms with Crippen molar-refractivity contribution in [1.82, 2.24) is 5.32 Å². The van der Waals surface area contributed by atoms with Gasteiger partial charge in [-0.2, -0.15) is 0 Å². The van der Waals surface area contributed by atoms with Gasteiger partial charge in [0.2, 0.25) is 0 Å². The molecule has 0 radical (unpaired) electrons. The topological polar surface area (TPSA) is 89.8 Å². The van der Waals surface area contributed by atoms with Crippen LogP contribution in [0.3, 0.4) is 0 Å². The van der Waals surface area contributed by atoms with Crippen molar-refractivity contribution in [3.05, 3.63) is 0 Å². The van der Waals surface area contributed by atoms with Crippen molar-refractivity contribution in [2.45, 2.75) is 24.7 Å². The number of aliphatic hydroxyl groups excluding tert-OH is 2. The van der Waals surface area contributed by atoms with E-state index in [1.165, 1.54) is 0 Å². The fraction of sp³-hybridized carbons (Fsp3) is 0.833. The highest BCUT2D eigenvalue weighted by molar-refractivity contribution is 5.73. The smallest absolute Gasteiger partial charge is 0.320 e. The highest BCUT2D eigenvalue weighted by Gasteiger charge is 2.30. The monoisotopic (exact) mass is 161 g/mol. The van der Waals surface area contributed by atoms with Crippen molar-refractivity contribution >= 4 is 5.97 Å². The maximum atomic E-state index is 10.4. The van der Waals surface area contributed by atoms with Crippen molar-refractivity contribution in [2.75, 3.05) is 6.54 Å². The molecule has 0 aromatic rings. The third-order valence-electron chi connectivity index (χ3n) is 1.79. The van der Waals surface area contributed by atoms with Gasteiger partial charge in [-0.25, -0.2) is 0 Å². The molecule has 1 saturated heterocycles. The van der Waals surface area contributed by atoms with E-state index in [0.717, 1.165) is 0 Å². The van der Waals surface area contributed by atoms with Crippen LogP contribution in [0.4, 0.5) is 0 Å². The van der Waals surface area contributed by atoms with Crippen LogP contribution in [-0.4, -0.2) is 46.1 Å². The molecule has 11 heavy (non-hydrogen) atoms. The lowest BCUT2D eigenvalue weighted by Gasteiger charge is -2.28.